The fourth-order valence-corrected chi connectivity index (χ4v) is 4.23. The summed E-state index contributed by atoms with van der Waals surface area (Å²) in [5.74, 6) is 0. The highest BCUT2D eigenvalue weighted by molar-refractivity contribution is 8.13. The van der Waals surface area contributed by atoms with E-state index in [1.807, 2.05) is 6.92 Å². The molecule has 0 bridgehead atoms. The molecule has 1 heterocycles. The Labute approximate surface area is 128 Å². The fourth-order valence-electron chi connectivity index (χ4n) is 2.17. The topological polar surface area (TPSA) is 89.5 Å². The third-order valence-corrected chi connectivity index (χ3v) is 6.13. The van der Waals surface area contributed by atoms with E-state index in [1.165, 1.54) is 24.3 Å². The van der Waals surface area contributed by atoms with E-state index in [1.54, 1.807) is 0 Å². The number of sulfonamides is 1. The molecule has 0 radical (unpaired) electrons. The maximum Gasteiger partial charge on any atom is 0.261 e. The zero-order valence-corrected chi connectivity index (χ0v) is 13.7. The zero-order valence-electron chi connectivity index (χ0n) is 11.3. The molecule has 0 saturated carbocycles. The number of hydrogen-bond acceptors (Lipinski definition) is 5. The molecule has 0 spiro atoms. The Morgan fingerprint density at radius 3 is 2.24 bits per heavy atom. The lowest BCUT2D eigenvalue weighted by atomic mass is 10.1. The molecule has 118 valence electrons. The van der Waals surface area contributed by atoms with Gasteiger partial charge in [-0.05, 0) is 44.0 Å². The van der Waals surface area contributed by atoms with Gasteiger partial charge >= 0.3 is 0 Å². The van der Waals surface area contributed by atoms with Crippen molar-refractivity contribution in [3.63, 3.8) is 0 Å². The average molecular weight is 354 g/mol. The van der Waals surface area contributed by atoms with Crippen molar-refractivity contribution in [2.75, 3.05) is 6.61 Å². The van der Waals surface area contributed by atoms with Gasteiger partial charge in [-0.1, -0.05) is 0 Å². The van der Waals surface area contributed by atoms with Crippen LogP contribution in [0.5, 0.6) is 0 Å². The molecule has 6 nitrogen and oxygen atoms in total. The maximum absolute atomic E-state index is 12.2. The summed E-state index contributed by atoms with van der Waals surface area (Å²) in [5.41, 5.74) is 0. The molecule has 0 aromatic heterocycles. The Hall–Kier alpha value is -0.670. The van der Waals surface area contributed by atoms with E-state index in [9.17, 15) is 16.8 Å². The largest absolute Gasteiger partial charge is 0.378 e. The van der Waals surface area contributed by atoms with E-state index in [0.29, 0.717) is 19.4 Å². The van der Waals surface area contributed by atoms with Crippen molar-refractivity contribution in [1.29, 1.82) is 0 Å². The summed E-state index contributed by atoms with van der Waals surface area (Å²) in [5, 5.41) is 0. The highest BCUT2D eigenvalue weighted by Gasteiger charge is 2.25. The van der Waals surface area contributed by atoms with Crippen LogP contribution in [0.1, 0.15) is 19.8 Å². The summed E-state index contributed by atoms with van der Waals surface area (Å²) in [6, 6.07) is 4.60. The molecular formula is C12H16ClNO5S2. The molecule has 1 fully saturated rings. The van der Waals surface area contributed by atoms with Crippen LogP contribution in [0.4, 0.5) is 0 Å². The van der Waals surface area contributed by atoms with E-state index in [4.69, 9.17) is 15.4 Å². The van der Waals surface area contributed by atoms with Gasteiger partial charge in [0.15, 0.2) is 0 Å². The quantitative estimate of drug-likeness (QED) is 0.828. The van der Waals surface area contributed by atoms with Crippen molar-refractivity contribution in [2.24, 2.45) is 0 Å². The average Bonchev–Trinajstić information content (AvgIpc) is 2.37. The molecule has 1 N–H and O–H groups in total. The van der Waals surface area contributed by atoms with Crippen LogP contribution in [0.2, 0.25) is 0 Å². The number of rotatable bonds is 4. The second-order valence-electron chi connectivity index (χ2n) is 4.93. The van der Waals surface area contributed by atoms with Gasteiger partial charge in [0.05, 0.1) is 15.9 Å². The number of hydrogen-bond donors (Lipinski definition) is 1. The standard InChI is InChI=1S/C12H16ClNO5S2/c1-9-8-10(6-7-19-9)14-21(17,18)12-4-2-11(3-5-12)20(13,15)16/h2-5,9-10,14H,6-8H2,1H3. The minimum Gasteiger partial charge on any atom is -0.378 e. The molecule has 9 heteroatoms. The van der Waals surface area contributed by atoms with Gasteiger partial charge in [0.2, 0.25) is 10.0 Å². The molecule has 1 aliphatic heterocycles. The zero-order chi connectivity index (χ0) is 15.7. The van der Waals surface area contributed by atoms with E-state index < -0.39 is 19.1 Å². The predicted molar refractivity (Wildman–Crippen MR) is 78.2 cm³/mol. The van der Waals surface area contributed by atoms with Crippen LogP contribution in [0.15, 0.2) is 34.1 Å². The number of halogens is 1. The van der Waals surface area contributed by atoms with E-state index in [-0.39, 0.29) is 21.9 Å². The fraction of sp³-hybridized carbons (Fsp3) is 0.500. The first-order valence-electron chi connectivity index (χ1n) is 6.37. The summed E-state index contributed by atoms with van der Waals surface area (Å²) in [7, 11) is -2.36. The van der Waals surface area contributed by atoms with Gasteiger partial charge in [-0.25, -0.2) is 21.6 Å². The molecule has 21 heavy (non-hydrogen) atoms. The number of ether oxygens (including phenoxy) is 1. The van der Waals surface area contributed by atoms with Crippen LogP contribution in [-0.2, 0) is 23.8 Å². The highest BCUT2D eigenvalue weighted by Crippen LogP contribution is 2.20. The third-order valence-electron chi connectivity index (χ3n) is 3.22. The Bertz CT molecular complexity index is 700. The Morgan fingerprint density at radius 2 is 1.71 bits per heavy atom. The van der Waals surface area contributed by atoms with Gasteiger partial charge in [0.25, 0.3) is 9.05 Å². The summed E-state index contributed by atoms with van der Waals surface area (Å²) < 4.78 is 54.7. The van der Waals surface area contributed by atoms with Gasteiger partial charge in [0, 0.05) is 23.3 Å². The SMILES string of the molecule is CC1CC(NS(=O)(=O)c2ccc(S(=O)(=O)Cl)cc2)CCO1. The molecule has 2 atom stereocenters. The Kier molecular flexibility index (Phi) is 4.94. The lowest BCUT2D eigenvalue weighted by Crippen LogP contribution is -2.41. The lowest BCUT2D eigenvalue weighted by Gasteiger charge is -2.27. The second-order valence-corrected chi connectivity index (χ2v) is 9.21. The smallest absolute Gasteiger partial charge is 0.261 e. The minimum absolute atomic E-state index is 0.00529. The predicted octanol–water partition coefficient (Wildman–Crippen LogP) is 1.46. The van der Waals surface area contributed by atoms with Gasteiger partial charge in [-0.3, -0.25) is 0 Å². The summed E-state index contributed by atoms with van der Waals surface area (Å²) in [6.07, 6.45) is 1.22. The van der Waals surface area contributed by atoms with Crippen LogP contribution in [0.3, 0.4) is 0 Å². The van der Waals surface area contributed by atoms with Crippen LogP contribution < -0.4 is 4.72 Å². The molecule has 0 amide bonds. The van der Waals surface area contributed by atoms with Crippen LogP contribution in [0.25, 0.3) is 0 Å². The van der Waals surface area contributed by atoms with E-state index in [2.05, 4.69) is 4.72 Å². The molecule has 0 aliphatic carbocycles. The highest BCUT2D eigenvalue weighted by atomic mass is 35.7. The van der Waals surface area contributed by atoms with Crippen molar-refractivity contribution in [2.45, 2.75) is 41.7 Å². The monoisotopic (exact) mass is 353 g/mol. The Morgan fingerprint density at radius 1 is 1.14 bits per heavy atom. The molecule has 1 aliphatic rings. The first-order chi connectivity index (χ1) is 9.68. The van der Waals surface area contributed by atoms with E-state index in [0.717, 1.165) is 0 Å². The lowest BCUT2D eigenvalue weighted by molar-refractivity contribution is 0.0173. The minimum atomic E-state index is -3.86. The van der Waals surface area contributed by atoms with Crippen molar-refractivity contribution >= 4 is 29.8 Å². The first kappa shape index (κ1) is 16.7. The Balaban J connectivity index is 2.16. The van der Waals surface area contributed by atoms with Crippen molar-refractivity contribution < 1.29 is 21.6 Å². The molecule has 1 aromatic rings. The van der Waals surface area contributed by atoms with Crippen molar-refractivity contribution in [3.05, 3.63) is 24.3 Å². The van der Waals surface area contributed by atoms with Crippen molar-refractivity contribution in [1.82, 2.24) is 4.72 Å². The third kappa shape index (κ3) is 4.40. The molecule has 1 aromatic carbocycles. The van der Waals surface area contributed by atoms with Gasteiger partial charge in [-0.15, -0.1) is 0 Å². The number of benzene rings is 1. The molecule has 1 saturated heterocycles. The number of nitrogens with one attached hydrogen (secondary N) is 1. The summed E-state index contributed by atoms with van der Waals surface area (Å²) in [6.45, 7) is 2.40. The van der Waals surface area contributed by atoms with Gasteiger partial charge in [0.1, 0.15) is 0 Å². The van der Waals surface area contributed by atoms with Crippen LogP contribution in [-0.4, -0.2) is 35.6 Å². The molecular weight excluding hydrogens is 338 g/mol. The molecule has 2 rings (SSSR count). The van der Waals surface area contributed by atoms with Crippen LogP contribution >= 0.6 is 10.7 Å². The molecule has 2 unspecified atom stereocenters. The second kappa shape index (κ2) is 6.21. The van der Waals surface area contributed by atoms with Crippen molar-refractivity contribution in [3.8, 4) is 0 Å². The summed E-state index contributed by atoms with van der Waals surface area (Å²) in [4.78, 5) is -0.131. The van der Waals surface area contributed by atoms with Crippen LogP contribution in [0, 0.1) is 0 Å². The normalized spacial score (nSPS) is 23.9. The maximum atomic E-state index is 12.2. The van der Waals surface area contributed by atoms with E-state index >= 15 is 0 Å². The summed E-state index contributed by atoms with van der Waals surface area (Å²) >= 11 is 0. The first-order valence-corrected chi connectivity index (χ1v) is 10.2. The van der Waals surface area contributed by atoms with Gasteiger partial charge < -0.3 is 4.74 Å². The van der Waals surface area contributed by atoms with Gasteiger partial charge in [-0.2, -0.15) is 0 Å².